The van der Waals surface area contributed by atoms with E-state index < -0.39 is 0 Å². The number of hydrazone groups is 1. The molecule has 3 aromatic rings. The summed E-state index contributed by atoms with van der Waals surface area (Å²) in [4.78, 5) is 8.53. The molecule has 0 bridgehead atoms. The Balaban J connectivity index is 1.88. The molecule has 0 saturated heterocycles. The van der Waals surface area contributed by atoms with Gasteiger partial charge in [0.05, 0.1) is 6.21 Å². The largest absolute Gasteiger partial charge is 0.304 e. The third kappa shape index (κ3) is 3.47. The molecule has 0 amide bonds. The molecule has 1 aromatic carbocycles. The maximum Gasteiger partial charge on any atom is 0.169 e. The van der Waals surface area contributed by atoms with Gasteiger partial charge in [-0.05, 0) is 29.9 Å². The summed E-state index contributed by atoms with van der Waals surface area (Å²) in [6.07, 6.45) is 4.98. The number of nitrogens with one attached hydrogen (secondary N) is 1. The van der Waals surface area contributed by atoms with Crippen LogP contribution in [0.3, 0.4) is 0 Å². The first-order chi connectivity index (χ1) is 11.2. The molecule has 0 aliphatic carbocycles. The first kappa shape index (κ1) is 15.8. The summed E-state index contributed by atoms with van der Waals surface area (Å²) < 4.78 is 3.51. The van der Waals surface area contributed by atoms with Crippen LogP contribution in [0.1, 0.15) is 5.56 Å². The van der Waals surface area contributed by atoms with E-state index in [-0.39, 0.29) is 0 Å². The number of nitrogens with zero attached hydrogens (tertiary/aromatic N) is 4. The lowest BCUT2D eigenvalue weighted by atomic mass is 10.2. The zero-order valence-corrected chi connectivity index (χ0v) is 14.3. The van der Waals surface area contributed by atoms with Crippen LogP contribution >= 0.6 is 35.2 Å². The van der Waals surface area contributed by atoms with Crippen molar-refractivity contribution in [1.82, 2.24) is 14.5 Å². The highest BCUT2D eigenvalue weighted by atomic mass is 35.5. The fraction of sp³-hybridized carbons (Fsp3) is 0.0667. The first-order valence-corrected chi connectivity index (χ1v) is 8.29. The molecular formula is C15H12ClN5S2. The summed E-state index contributed by atoms with van der Waals surface area (Å²) in [6, 6.07) is 7.39. The molecule has 0 unspecified atom stereocenters. The van der Waals surface area contributed by atoms with Crippen molar-refractivity contribution in [3.8, 4) is 0 Å². The number of fused-ring (bicyclic) bond motifs is 1. The molecular weight excluding hydrogens is 350 g/mol. The standard InChI is InChI=1S/C15H12ClN5S2/c1-2-7-21-14-12(23-15(21)22)13(17-9-18-14)20-19-8-10-3-5-11(16)6-4-10/h2-6,8-9H,1,7H2,(H,17,18,20). The number of hydrogen-bond donors (Lipinski definition) is 1. The molecule has 0 aliphatic heterocycles. The van der Waals surface area contributed by atoms with Crippen LogP contribution in [0.4, 0.5) is 5.82 Å². The second kappa shape index (κ2) is 6.99. The van der Waals surface area contributed by atoms with Crippen molar-refractivity contribution in [2.24, 2.45) is 5.10 Å². The van der Waals surface area contributed by atoms with Crippen LogP contribution in [-0.4, -0.2) is 20.7 Å². The van der Waals surface area contributed by atoms with Gasteiger partial charge in [0, 0.05) is 11.6 Å². The lowest BCUT2D eigenvalue weighted by molar-refractivity contribution is 0.845. The summed E-state index contributed by atoms with van der Waals surface area (Å²) in [6.45, 7) is 4.36. The molecule has 3 rings (SSSR count). The highest BCUT2D eigenvalue weighted by Gasteiger charge is 2.10. The highest BCUT2D eigenvalue weighted by Crippen LogP contribution is 2.27. The van der Waals surface area contributed by atoms with Crippen molar-refractivity contribution in [3.05, 3.63) is 57.8 Å². The summed E-state index contributed by atoms with van der Waals surface area (Å²) in [5.74, 6) is 0.624. The lowest BCUT2D eigenvalue weighted by Gasteiger charge is -2.02. The average Bonchev–Trinajstić information content (AvgIpc) is 2.87. The molecule has 1 N–H and O–H groups in total. The van der Waals surface area contributed by atoms with Gasteiger partial charge in [-0.3, -0.25) is 5.43 Å². The molecule has 0 fully saturated rings. The van der Waals surface area contributed by atoms with Crippen molar-refractivity contribution < 1.29 is 0 Å². The van der Waals surface area contributed by atoms with E-state index in [0.29, 0.717) is 17.4 Å². The first-order valence-electron chi connectivity index (χ1n) is 6.69. The van der Waals surface area contributed by atoms with E-state index in [1.165, 1.54) is 17.7 Å². The lowest BCUT2D eigenvalue weighted by Crippen LogP contribution is -1.99. The van der Waals surface area contributed by atoms with Gasteiger partial charge in [-0.2, -0.15) is 5.10 Å². The van der Waals surface area contributed by atoms with Crippen LogP contribution in [0.5, 0.6) is 0 Å². The van der Waals surface area contributed by atoms with E-state index in [1.54, 1.807) is 12.3 Å². The number of allylic oxidation sites excluding steroid dienone is 1. The van der Waals surface area contributed by atoms with Gasteiger partial charge in [0.15, 0.2) is 15.4 Å². The van der Waals surface area contributed by atoms with Crippen LogP contribution in [0.2, 0.25) is 5.02 Å². The molecule has 0 saturated carbocycles. The van der Waals surface area contributed by atoms with E-state index in [2.05, 4.69) is 27.1 Å². The normalized spacial score (nSPS) is 11.2. The number of thiazole rings is 1. The fourth-order valence-corrected chi connectivity index (χ4v) is 3.40. The highest BCUT2D eigenvalue weighted by molar-refractivity contribution is 7.73. The van der Waals surface area contributed by atoms with Gasteiger partial charge >= 0.3 is 0 Å². The van der Waals surface area contributed by atoms with E-state index in [1.807, 2.05) is 28.8 Å². The number of aromatic nitrogens is 3. The van der Waals surface area contributed by atoms with Crippen molar-refractivity contribution in [3.63, 3.8) is 0 Å². The third-order valence-corrected chi connectivity index (χ3v) is 4.71. The fourth-order valence-electron chi connectivity index (χ4n) is 1.97. The van der Waals surface area contributed by atoms with Crippen molar-refractivity contribution in [2.45, 2.75) is 6.54 Å². The van der Waals surface area contributed by atoms with Crippen molar-refractivity contribution in [1.29, 1.82) is 0 Å². The topological polar surface area (TPSA) is 55.1 Å². The van der Waals surface area contributed by atoms with Gasteiger partial charge in [-0.25, -0.2) is 9.97 Å². The maximum atomic E-state index is 5.85. The van der Waals surface area contributed by atoms with Crippen molar-refractivity contribution in [2.75, 3.05) is 5.43 Å². The molecule has 116 valence electrons. The predicted octanol–water partition coefficient (Wildman–Crippen LogP) is 4.51. The molecule has 0 aliphatic rings. The molecule has 2 heterocycles. The average molecular weight is 362 g/mol. The van der Waals surface area contributed by atoms with Crippen LogP contribution in [0.15, 0.2) is 48.3 Å². The summed E-state index contributed by atoms with van der Waals surface area (Å²) in [7, 11) is 0. The number of halogens is 1. The number of rotatable bonds is 5. The summed E-state index contributed by atoms with van der Waals surface area (Å²) in [5.41, 5.74) is 4.65. The van der Waals surface area contributed by atoms with E-state index in [9.17, 15) is 0 Å². The van der Waals surface area contributed by atoms with Crippen molar-refractivity contribution >= 4 is 57.5 Å². The molecule has 2 aromatic heterocycles. The van der Waals surface area contributed by atoms with Crippen LogP contribution < -0.4 is 5.43 Å². The molecule has 8 heteroatoms. The van der Waals surface area contributed by atoms with E-state index in [0.717, 1.165) is 19.9 Å². The van der Waals surface area contributed by atoms with Crippen LogP contribution in [0.25, 0.3) is 10.3 Å². The van der Waals surface area contributed by atoms with Gasteiger partial charge in [-0.15, -0.1) is 6.58 Å². The third-order valence-electron chi connectivity index (χ3n) is 3.02. The van der Waals surface area contributed by atoms with Gasteiger partial charge < -0.3 is 4.57 Å². The van der Waals surface area contributed by atoms with E-state index in [4.69, 9.17) is 23.8 Å². The minimum atomic E-state index is 0.614. The predicted molar refractivity (Wildman–Crippen MR) is 99.1 cm³/mol. The van der Waals surface area contributed by atoms with Gasteiger partial charge in [-0.1, -0.05) is 41.1 Å². The summed E-state index contributed by atoms with van der Waals surface area (Å²) in [5, 5.41) is 4.90. The number of benzene rings is 1. The monoisotopic (exact) mass is 361 g/mol. The van der Waals surface area contributed by atoms with Gasteiger partial charge in [0.1, 0.15) is 11.0 Å². The quantitative estimate of drug-likeness (QED) is 0.314. The number of hydrogen-bond acceptors (Lipinski definition) is 6. The molecule has 5 nitrogen and oxygen atoms in total. The Kier molecular flexibility index (Phi) is 4.80. The number of anilines is 1. The van der Waals surface area contributed by atoms with Crippen LogP contribution in [0, 0.1) is 3.95 Å². The Morgan fingerprint density at radius 1 is 1.35 bits per heavy atom. The Hall–Kier alpha value is -2.09. The van der Waals surface area contributed by atoms with Crippen LogP contribution in [-0.2, 0) is 6.54 Å². The minimum Gasteiger partial charge on any atom is -0.304 e. The van der Waals surface area contributed by atoms with Gasteiger partial charge in [0.2, 0.25) is 0 Å². The molecule has 0 spiro atoms. The van der Waals surface area contributed by atoms with Gasteiger partial charge in [0.25, 0.3) is 0 Å². The molecule has 0 radical (unpaired) electrons. The smallest absolute Gasteiger partial charge is 0.169 e. The SMILES string of the molecule is C=CCn1c(=S)sc2c(NN=Cc3ccc(Cl)cc3)ncnc21. The minimum absolute atomic E-state index is 0.614. The summed E-state index contributed by atoms with van der Waals surface area (Å²) >= 11 is 12.7. The maximum absolute atomic E-state index is 5.85. The second-order valence-corrected chi connectivity index (χ2v) is 6.64. The zero-order chi connectivity index (χ0) is 16.2. The van der Waals surface area contributed by atoms with E-state index >= 15 is 0 Å². The Bertz CT molecular complexity index is 927. The molecule has 23 heavy (non-hydrogen) atoms. The molecule has 0 atom stereocenters. The Morgan fingerprint density at radius 3 is 2.87 bits per heavy atom. The second-order valence-electron chi connectivity index (χ2n) is 4.56. The zero-order valence-electron chi connectivity index (χ0n) is 11.9. The Labute approximate surface area is 147 Å². The Morgan fingerprint density at radius 2 is 2.13 bits per heavy atom.